The molecule has 5 rings (SSSR count). The zero-order valence-corrected chi connectivity index (χ0v) is 17.6. The minimum absolute atomic E-state index is 0.265. The molecular weight excluding hydrogens is 433 g/mol. The Morgan fingerprint density at radius 1 is 1.15 bits per heavy atom. The number of fused-ring (bicyclic) bond motifs is 2. The molecule has 1 atom stereocenters. The van der Waals surface area contributed by atoms with Crippen LogP contribution in [0.3, 0.4) is 0 Å². The molecule has 0 saturated carbocycles. The smallest absolute Gasteiger partial charge is 0.416 e. The molecule has 2 aromatic carbocycles. The number of pyridine rings is 1. The second-order valence-electron chi connectivity index (χ2n) is 7.92. The zero-order chi connectivity index (χ0) is 23.2. The molecule has 3 heterocycles. The van der Waals surface area contributed by atoms with Crippen molar-refractivity contribution in [3.8, 4) is 5.75 Å². The quantitative estimate of drug-likeness (QED) is 0.499. The standard InChI is InChI=1S/C24H19F3N4O2/c1-31-19-13-15(4-5-16(19)14-29-31)22(32)30-23(10-12-33-20-3-2-11-28-21(20)23)17-6-8-18(9-7-17)24(25,26)27/h2-9,11,13-14H,10,12H2,1H3,(H,30,32)/t23-/m0/s1. The zero-order valence-electron chi connectivity index (χ0n) is 17.6. The lowest BCUT2D eigenvalue weighted by Gasteiger charge is -2.39. The van der Waals surface area contributed by atoms with Gasteiger partial charge in [-0.3, -0.25) is 14.5 Å². The Balaban J connectivity index is 1.60. The third-order valence-corrected chi connectivity index (χ3v) is 5.95. The van der Waals surface area contributed by atoms with E-state index in [-0.39, 0.29) is 12.5 Å². The predicted octanol–water partition coefficient (Wildman–Crippen LogP) is 4.44. The minimum Gasteiger partial charge on any atom is -0.491 e. The van der Waals surface area contributed by atoms with Gasteiger partial charge in [-0.05, 0) is 42.0 Å². The van der Waals surface area contributed by atoms with Crippen LogP contribution in [0, 0.1) is 0 Å². The summed E-state index contributed by atoms with van der Waals surface area (Å²) in [7, 11) is 1.78. The highest BCUT2D eigenvalue weighted by molar-refractivity contribution is 5.98. The van der Waals surface area contributed by atoms with Crippen molar-refractivity contribution in [3.63, 3.8) is 0 Å². The van der Waals surface area contributed by atoms with Gasteiger partial charge in [0.25, 0.3) is 5.91 Å². The van der Waals surface area contributed by atoms with Crippen LogP contribution in [-0.2, 0) is 18.8 Å². The van der Waals surface area contributed by atoms with Crippen LogP contribution in [-0.4, -0.2) is 27.3 Å². The SMILES string of the molecule is Cn1ncc2ccc(C(=O)N[C@]3(c4ccc(C(F)(F)F)cc4)CCOc4cccnc43)cc21. The fourth-order valence-corrected chi connectivity index (χ4v) is 4.23. The van der Waals surface area contributed by atoms with Crippen LogP contribution in [0.5, 0.6) is 5.75 Å². The molecule has 0 fully saturated rings. The maximum Gasteiger partial charge on any atom is 0.416 e. The Labute approximate surface area is 187 Å². The molecule has 4 aromatic rings. The highest BCUT2D eigenvalue weighted by Gasteiger charge is 2.43. The Bertz CT molecular complexity index is 1350. The number of nitrogens with zero attached hydrogens (tertiary/aromatic N) is 3. The minimum atomic E-state index is -4.46. The number of ether oxygens (including phenoxy) is 1. The van der Waals surface area contributed by atoms with Crippen molar-refractivity contribution < 1.29 is 22.7 Å². The molecule has 0 unspecified atom stereocenters. The fourth-order valence-electron chi connectivity index (χ4n) is 4.23. The number of benzene rings is 2. The summed E-state index contributed by atoms with van der Waals surface area (Å²) in [6.45, 7) is 0.265. The normalized spacial score (nSPS) is 17.9. The summed E-state index contributed by atoms with van der Waals surface area (Å²) in [5.41, 5.74) is 0.220. The number of carbonyl (C=O) groups excluding carboxylic acids is 1. The van der Waals surface area contributed by atoms with E-state index in [1.165, 1.54) is 12.1 Å². The predicted molar refractivity (Wildman–Crippen MR) is 115 cm³/mol. The van der Waals surface area contributed by atoms with Gasteiger partial charge in [-0.15, -0.1) is 0 Å². The molecule has 1 N–H and O–H groups in total. The molecule has 0 radical (unpaired) electrons. The highest BCUT2D eigenvalue weighted by Crippen LogP contribution is 2.41. The van der Waals surface area contributed by atoms with Crippen molar-refractivity contribution in [3.05, 3.63) is 89.4 Å². The number of alkyl halides is 3. The lowest BCUT2D eigenvalue weighted by molar-refractivity contribution is -0.137. The van der Waals surface area contributed by atoms with Crippen LogP contribution in [0.4, 0.5) is 13.2 Å². The van der Waals surface area contributed by atoms with Crippen molar-refractivity contribution in [2.45, 2.75) is 18.1 Å². The van der Waals surface area contributed by atoms with Crippen LogP contribution in [0.15, 0.2) is 67.0 Å². The molecule has 6 nitrogen and oxygen atoms in total. The summed E-state index contributed by atoms with van der Waals surface area (Å²) < 4.78 is 46.8. The van der Waals surface area contributed by atoms with E-state index in [2.05, 4.69) is 15.4 Å². The number of nitrogens with one attached hydrogen (secondary N) is 1. The number of rotatable bonds is 3. The van der Waals surface area contributed by atoms with Gasteiger partial charge in [-0.25, -0.2) is 0 Å². The molecule has 1 aliphatic heterocycles. The molecule has 168 valence electrons. The van der Waals surface area contributed by atoms with Gasteiger partial charge in [0.1, 0.15) is 17.0 Å². The number of amides is 1. The molecule has 1 aliphatic rings. The van der Waals surface area contributed by atoms with Crippen LogP contribution >= 0.6 is 0 Å². The van der Waals surface area contributed by atoms with E-state index < -0.39 is 17.3 Å². The summed E-state index contributed by atoms with van der Waals surface area (Å²) in [4.78, 5) is 17.9. The molecule has 0 spiro atoms. The van der Waals surface area contributed by atoms with Crippen LogP contribution in [0.25, 0.3) is 10.9 Å². The first-order chi connectivity index (χ1) is 15.8. The topological polar surface area (TPSA) is 69.0 Å². The lowest BCUT2D eigenvalue weighted by Crippen LogP contribution is -2.50. The summed E-state index contributed by atoms with van der Waals surface area (Å²) in [5, 5.41) is 8.15. The first kappa shape index (κ1) is 21.0. The molecule has 1 amide bonds. The van der Waals surface area contributed by atoms with E-state index in [0.29, 0.717) is 29.0 Å². The van der Waals surface area contributed by atoms with Crippen molar-refractivity contribution in [2.75, 3.05) is 6.61 Å². The average molecular weight is 452 g/mol. The second-order valence-corrected chi connectivity index (χ2v) is 7.92. The van der Waals surface area contributed by atoms with Crippen molar-refractivity contribution >= 4 is 16.8 Å². The molecule has 0 bridgehead atoms. The molecular formula is C24H19F3N4O2. The first-order valence-electron chi connectivity index (χ1n) is 10.3. The van der Waals surface area contributed by atoms with Crippen molar-refractivity contribution in [1.82, 2.24) is 20.1 Å². The largest absolute Gasteiger partial charge is 0.491 e. The Morgan fingerprint density at radius 2 is 1.94 bits per heavy atom. The Kier molecular flexibility index (Phi) is 4.84. The van der Waals surface area contributed by atoms with Crippen LogP contribution in [0.1, 0.15) is 33.6 Å². The van der Waals surface area contributed by atoms with Crippen LogP contribution in [0.2, 0.25) is 0 Å². The lowest BCUT2D eigenvalue weighted by atomic mass is 9.80. The van der Waals surface area contributed by atoms with Gasteiger partial charge in [-0.2, -0.15) is 18.3 Å². The molecule has 33 heavy (non-hydrogen) atoms. The van der Waals surface area contributed by atoms with Gasteiger partial charge in [0.2, 0.25) is 0 Å². The van der Waals surface area contributed by atoms with Gasteiger partial charge in [0, 0.05) is 30.6 Å². The summed E-state index contributed by atoms with van der Waals surface area (Å²) in [5.74, 6) is 0.0996. The van der Waals surface area contributed by atoms with E-state index in [9.17, 15) is 18.0 Å². The van der Waals surface area contributed by atoms with E-state index in [4.69, 9.17) is 4.74 Å². The summed E-state index contributed by atoms with van der Waals surface area (Å²) in [6, 6.07) is 13.5. The molecule has 2 aromatic heterocycles. The third-order valence-electron chi connectivity index (χ3n) is 5.95. The third kappa shape index (κ3) is 3.59. The number of carbonyl (C=O) groups is 1. The monoisotopic (exact) mass is 452 g/mol. The van der Waals surface area contributed by atoms with E-state index in [0.717, 1.165) is 23.0 Å². The Hall–Kier alpha value is -3.88. The second kappa shape index (κ2) is 7.61. The van der Waals surface area contributed by atoms with Crippen LogP contribution < -0.4 is 10.1 Å². The number of hydrogen-bond acceptors (Lipinski definition) is 4. The Morgan fingerprint density at radius 3 is 2.70 bits per heavy atom. The van der Waals surface area contributed by atoms with Gasteiger partial charge in [-0.1, -0.05) is 18.2 Å². The maximum atomic E-state index is 13.4. The number of halogens is 3. The number of hydrogen-bond donors (Lipinski definition) is 1. The molecule has 0 saturated heterocycles. The van der Waals surface area contributed by atoms with Crippen molar-refractivity contribution in [2.24, 2.45) is 7.05 Å². The summed E-state index contributed by atoms with van der Waals surface area (Å²) in [6.07, 6.45) is -0.874. The van der Waals surface area contributed by atoms with E-state index in [1.54, 1.807) is 54.5 Å². The highest BCUT2D eigenvalue weighted by atomic mass is 19.4. The van der Waals surface area contributed by atoms with E-state index in [1.807, 2.05) is 0 Å². The molecule has 9 heteroatoms. The number of aryl methyl sites for hydroxylation is 1. The maximum absolute atomic E-state index is 13.4. The summed E-state index contributed by atoms with van der Waals surface area (Å²) >= 11 is 0. The van der Waals surface area contributed by atoms with Gasteiger partial charge in [0.05, 0.1) is 23.9 Å². The van der Waals surface area contributed by atoms with E-state index >= 15 is 0 Å². The number of aromatic nitrogens is 3. The average Bonchev–Trinajstić information content (AvgIpc) is 3.19. The fraction of sp³-hybridized carbons (Fsp3) is 0.208. The first-order valence-corrected chi connectivity index (χ1v) is 10.3. The van der Waals surface area contributed by atoms with Gasteiger partial charge < -0.3 is 10.1 Å². The van der Waals surface area contributed by atoms with Gasteiger partial charge in [0.15, 0.2) is 0 Å². The molecule has 0 aliphatic carbocycles. The van der Waals surface area contributed by atoms with Gasteiger partial charge >= 0.3 is 6.18 Å². The van der Waals surface area contributed by atoms with Crippen molar-refractivity contribution in [1.29, 1.82) is 0 Å².